The van der Waals surface area contributed by atoms with Crippen molar-refractivity contribution in [3.63, 3.8) is 0 Å². The third-order valence-corrected chi connectivity index (χ3v) is 5.39. The molecule has 0 fully saturated rings. The topological polar surface area (TPSA) is 72.2 Å². The maximum Gasteiger partial charge on any atom is 0.241 e. The first kappa shape index (κ1) is 16.3. The lowest BCUT2D eigenvalue weighted by molar-refractivity contribution is 0.567. The molecule has 4 nitrogen and oxygen atoms in total. The quantitative estimate of drug-likeness (QED) is 0.783. The van der Waals surface area contributed by atoms with Crippen molar-refractivity contribution in [2.24, 2.45) is 0 Å². The zero-order valence-electron chi connectivity index (χ0n) is 11.2. The van der Waals surface area contributed by atoms with Gasteiger partial charge in [-0.3, -0.25) is 0 Å². The smallest absolute Gasteiger partial charge is 0.241 e. The molecule has 112 valence electrons. The number of benzene rings is 2. The average molecular weight is 390 g/mol. The summed E-state index contributed by atoms with van der Waals surface area (Å²) in [7, 11) is -3.66. The fourth-order valence-electron chi connectivity index (χ4n) is 1.81. The summed E-state index contributed by atoms with van der Waals surface area (Å²) in [6, 6.07) is 11.3. The maximum atomic E-state index is 12.3. The van der Waals surface area contributed by atoms with Gasteiger partial charge in [-0.15, -0.1) is 0 Å². The van der Waals surface area contributed by atoms with Crippen molar-refractivity contribution in [3.05, 3.63) is 57.5 Å². The van der Waals surface area contributed by atoms with E-state index in [-0.39, 0.29) is 16.6 Å². The van der Waals surface area contributed by atoms with Crippen molar-refractivity contribution in [3.8, 4) is 0 Å². The Kier molecular flexibility index (Phi) is 4.93. The van der Waals surface area contributed by atoms with Crippen LogP contribution >= 0.6 is 27.5 Å². The van der Waals surface area contributed by atoms with Gasteiger partial charge in [-0.1, -0.05) is 39.7 Å². The van der Waals surface area contributed by atoms with Crippen LogP contribution in [0.15, 0.2) is 51.8 Å². The Morgan fingerprint density at radius 2 is 1.81 bits per heavy atom. The third-order valence-electron chi connectivity index (χ3n) is 2.98. The molecule has 21 heavy (non-hydrogen) atoms. The van der Waals surface area contributed by atoms with Crippen LogP contribution in [0.3, 0.4) is 0 Å². The molecule has 0 aliphatic rings. The van der Waals surface area contributed by atoms with Gasteiger partial charge >= 0.3 is 0 Å². The van der Waals surface area contributed by atoms with Gasteiger partial charge in [0.1, 0.15) is 0 Å². The number of hydrogen-bond acceptors (Lipinski definition) is 3. The van der Waals surface area contributed by atoms with Gasteiger partial charge in [-0.25, -0.2) is 13.1 Å². The van der Waals surface area contributed by atoms with E-state index in [9.17, 15) is 8.42 Å². The Morgan fingerprint density at radius 1 is 1.19 bits per heavy atom. The first-order valence-corrected chi connectivity index (χ1v) is 8.78. The van der Waals surface area contributed by atoms with Gasteiger partial charge < -0.3 is 5.73 Å². The molecule has 2 aromatic rings. The van der Waals surface area contributed by atoms with Gasteiger partial charge in [-0.05, 0) is 42.8 Å². The highest BCUT2D eigenvalue weighted by atomic mass is 79.9. The normalized spacial score (nSPS) is 13.1. The Balaban J connectivity index is 2.24. The van der Waals surface area contributed by atoms with Gasteiger partial charge in [0.15, 0.2) is 0 Å². The second kappa shape index (κ2) is 6.36. The van der Waals surface area contributed by atoms with Crippen molar-refractivity contribution >= 4 is 43.2 Å². The van der Waals surface area contributed by atoms with Crippen LogP contribution in [0.25, 0.3) is 0 Å². The van der Waals surface area contributed by atoms with E-state index in [0.717, 1.165) is 10.0 Å². The summed E-state index contributed by atoms with van der Waals surface area (Å²) in [6.07, 6.45) is 0. The van der Waals surface area contributed by atoms with Gasteiger partial charge in [-0.2, -0.15) is 0 Å². The van der Waals surface area contributed by atoms with Crippen LogP contribution < -0.4 is 10.5 Å². The molecule has 0 aliphatic heterocycles. The van der Waals surface area contributed by atoms with E-state index < -0.39 is 10.0 Å². The number of anilines is 1. The number of nitrogens with one attached hydrogen (secondary N) is 1. The summed E-state index contributed by atoms with van der Waals surface area (Å²) in [6.45, 7) is 1.78. The second-order valence-electron chi connectivity index (χ2n) is 4.58. The zero-order chi connectivity index (χ0) is 15.6. The summed E-state index contributed by atoms with van der Waals surface area (Å²) < 4.78 is 28.2. The van der Waals surface area contributed by atoms with Crippen molar-refractivity contribution in [1.29, 1.82) is 0 Å². The average Bonchev–Trinajstić information content (AvgIpc) is 2.42. The number of halogens is 2. The lowest BCUT2D eigenvalue weighted by Crippen LogP contribution is -2.27. The molecule has 2 rings (SSSR count). The number of sulfonamides is 1. The van der Waals surface area contributed by atoms with Crippen LogP contribution in [0.5, 0.6) is 0 Å². The summed E-state index contributed by atoms with van der Waals surface area (Å²) in [4.78, 5) is 0.0911. The van der Waals surface area contributed by atoms with Crippen LogP contribution in [0.1, 0.15) is 18.5 Å². The second-order valence-corrected chi connectivity index (χ2v) is 7.61. The molecule has 0 radical (unpaired) electrons. The molecule has 0 amide bonds. The molecule has 0 saturated carbocycles. The molecule has 7 heteroatoms. The lowest BCUT2D eigenvalue weighted by atomic mass is 10.1. The van der Waals surface area contributed by atoms with Crippen LogP contribution in [0.2, 0.25) is 5.02 Å². The molecule has 0 bridgehead atoms. The van der Waals surface area contributed by atoms with Crippen molar-refractivity contribution in [1.82, 2.24) is 4.72 Å². The Hall–Kier alpha value is -1.08. The molecular weight excluding hydrogens is 376 g/mol. The predicted octanol–water partition coefficient (Wildman–Crippen LogP) is 3.72. The first-order chi connectivity index (χ1) is 9.79. The van der Waals surface area contributed by atoms with E-state index in [0.29, 0.717) is 5.02 Å². The number of nitrogens with two attached hydrogens (primary N) is 1. The fourth-order valence-corrected chi connectivity index (χ4v) is 3.46. The van der Waals surface area contributed by atoms with Crippen molar-refractivity contribution in [2.45, 2.75) is 17.9 Å². The van der Waals surface area contributed by atoms with Crippen LogP contribution in [0, 0.1) is 0 Å². The van der Waals surface area contributed by atoms with E-state index in [1.807, 2.05) is 24.3 Å². The summed E-state index contributed by atoms with van der Waals surface area (Å²) >= 11 is 9.14. The summed E-state index contributed by atoms with van der Waals surface area (Å²) in [5.74, 6) is 0. The predicted molar refractivity (Wildman–Crippen MR) is 88.7 cm³/mol. The van der Waals surface area contributed by atoms with Gasteiger partial charge in [0.2, 0.25) is 10.0 Å². The van der Waals surface area contributed by atoms with E-state index >= 15 is 0 Å². The number of nitrogen functional groups attached to an aromatic ring is 1. The standard InChI is InChI=1S/C14H14BrClN2O2S/c1-9(10-2-4-11(15)5-3-10)18-21(19,20)12-6-7-13(16)14(17)8-12/h2-9,18H,17H2,1H3. The monoisotopic (exact) mass is 388 g/mol. The molecule has 1 atom stereocenters. The SMILES string of the molecule is CC(NS(=O)(=O)c1ccc(Cl)c(N)c1)c1ccc(Br)cc1. The fraction of sp³-hybridized carbons (Fsp3) is 0.143. The van der Waals surface area contributed by atoms with Crippen molar-refractivity contribution < 1.29 is 8.42 Å². The van der Waals surface area contributed by atoms with Gasteiger partial charge in [0.05, 0.1) is 15.6 Å². The molecule has 0 saturated heterocycles. The van der Waals surface area contributed by atoms with Crippen LogP contribution in [0.4, 0.5) is 5.69 Å². The Labute approximate surface area is 137 Å². The van der Waals surface area contributed by atoms with E-state index in [1.54, 1.807) is 6.92 Å². The number of rotatable bonds is 4. The minimum atomic E-state index is -3.66. The van der Waals surface area contributed by atoms with Crippen LogP contribution in [-0.2, 0) is 10.0 Å². The summed E-state index contributed by atoms with van der Waals surface area (Å²) in [5, 5.41) is 0.329. The molecule has 1 unspecified atom stereocenters. The number of hydrogen-bond donors (Lipinski definition) is 2. The van der Waals surface area contributed by atoms with Gasteiger partial charge in [0.25, 0.3) is 0 Å². The van der Waals surface area contributed by atoms with E-state index in [1.165, 1.54) is 18.2 Å². The maximum absolute atomic E-state index is 12.3. The zero-order valence-corrected chi connectivity index (χ0v) is 14.3. The van der Waals surface area contributed by atoms with Crippen molar-refractivity contribution in [2.75, 3.05) is 5.73 Å². The summed E-state index contributed by atoms with van der Waals surface area (Å²) in [5.41, 5.74) is 6.74. The lowest BCUT2D eigenvalue weighted by Gasteiger charge is -2.15. The molecule has 2 aromatic carbocycles. The molecule has 0 heterocycles. The molecule has 0 aromatic heterocycles. The highest BCUT2D eigenvalue weighted by molar-refractivity contribution is 9.10. The molecule has 0 aliphatic carbocycles. The first-order valence-electron chi connectivity index (χ1n) is 6.12. The molecule has 3 N–H and O–H groups in total. The van der Waals surface area contributed by atoms with Gasteiger partial charge in [0, 0.05) is 10.5 Å². The minimum absolute atomic E-state index is 0.0911. The van der Waals surface area contributed by atoms with Crippen LogP contribution in [-0.4, -0.2) is 8.42 Å². The van der Waals surface area contributed by atoms with E-state index in [4.69, 9.17) is 17.3 Å². The highest BCUT2D eigenvalue weighted by Gasteiger charge is 2.19. The Morgan fingerprint density at radius 3 is 2.38 bits per heavy atom. The molecular formula is C14H14BrClN2O2S. The molecule has 0 spiro atoms. The minimum Gasteiger partial charge on any atom is -0.397 e. The third kappa shape index (κ3) is 3.97. The Bertz CT molecular complexity index is 748. The van der Waals surface area contributed by atoms with E-state index in [2.05, 4.69) is 20.7 Å². The largest absolute Gasteiger partial charge is 0.397 e. The highest BCUT2D eigenvalue weighted by Crippen LogP contribution is 2.24.